The molecule has 0 radical (unpaired) electrons. The maximum Gasteiger partial charge on any atom is 0.243 e. The smallest absolute Gasteiger partial charge is 0.243 e. The number of rotatable bonds is 3. The van der Waals surface area contributed by atoms with Gasteiger partial charge in [-0.2, -0.15) is 0 Å². The number of primary amides is 1. The van der Waals surface area contributed by atoms with Crippen LogP contribution >= 0.6 is 27.5 Å². The minimum Gasteiger partial charge on any atom is -0.371 e. The van der Waals surface area contributed by atoms with E-state index in [-0.39, 0.29) is 11.8 Å². The Labute approximate surface area is 126 Å². The van der Waals surface area contributed by atoms with Gasteiger partial charge in [0.25, 0.3) is 0 Å². The van der Waals surface area contributed by atoms with Gasteiger partial charge in [-0.25, -0.2) is 0 Å². The zero-order chi connectivity index (χ0) is 14.0. The molecule has 19 heavy (non-hydrogen) atoms. The number of carbonyl (C=O) groups is 1. The van der Waals surface area contributed by atoms with Crippen LogP contribution in [-0.4, -0.2) is 24.5 Å². The highest BCUT2D eigenvalue weighted by Gasteiger charge is 2.43. The standard InChI is InChI=1S/C13H17BrClN3O/c1-8-7-17-5-4-13(8,12(16)19)18-9-2-3-11(15)10(14)6-9/h2-3,6,8,17-18H,4-5,7H2,1H3,(H2,16,19). The number of nitrogens with two attached hydrogens (primary N) is 1. The second-order valence-electron chi connectivity index (χ2n) is 4.94. The molecule has 1 heterocycles. The first-order chi connectivity index (χ1) is 8.95. The number of halogens is 2. The number of carbonyl (C=O) groups excluding carboxylic acids is 1. The van der Waals surface area contributed by atoms with Crippen molar-refractivity contribution in [2.45, 2.75) is 18.9 Å². The van der Waals surface area contributed by atoms with Crippen molar-refractivity contribution in [2.75, 3.05) is 18.4 Å². The van der Waals surface area contributed by atoms with Crippen LogP contribution in [0.5, 0.6) is 0 Å². The van der Waals surface area contributed by atoms with E-state index >= 15 is 0 Å². The van der Waals surface area contributed by atoms with Crippen LogP contribution in [0.3, 0.4) is 0 Å². The van der Waals surface area contributed by atoms with Gasteiger partial charge >= 0.3 is 0 Å². The summed E-state index contributed by atoms with van der Waals surface area (Å²) in [7, 11) is 0. The monoisotopic (exact) mass is 345 g/mol. The van der Waals surface area contributed by atoms with E-state index in [4.69, 9.17) is 17.3 Å². The van der Waals surface area contributed by atoms with Gasteiger partial charge in [0.2, 0.25) is 5.91 Å². The average Bonchev–Trinajstić information content (AvgIpc) is 2.36. The van der Waals surface area contributed by atoms with Crippen LogP contribution < -0.4 is 16.4 Å². The molecule has 1 fully saturated rings. The molecule has 0 aromatic heterocycles. The van der Waals surface area contributed by atoms with Crippen molar-refractivity contribution in [1.29, 1.82) is 0 Å². The van der Waals surface area contributed by atoms with Crippen LogP contribution in [0.15, 0.2) is 22.7 Å². The van der Waals surface area contributed by atoms with Crippen molar-refractivity contribution in [3.63, 3.8) is 0 Å². The zero-order valence-corrected chi connectivity index (χ0v) is 13.0. The SMILES string of the molecule is CC1CNCCC1(Nc1ccc(Cl)c(Br)c1)C(N)=O. The maximum atomic E-state index is 11.9. The summed E-state index contributed by atoms with van der Waals surface area (Å²) in [4.78, 5) is 11.9. The van der Waals surface area contributed by atoms with E-state index < -0.39 is 5.54 Å². The van der Waals surface area contributed by atoms with Gasteiger partial charge in [-0.1, -0.05) is 18.5 Å². The molecule has 2 unspecified atom stereocenters. The Morgan fingerprint density at radius 1 is 1.63 bits per heavy atom. The van der Waals surface area contributed by atoms with Gasteiger partial charge in [-0.05, 0) is 47.1 Å². The number of amides is 1. The van der Waals surface area contributed by atoms with E-state index in [0.29, 0.717) is 11.4 Å². The molecular weight excluding hydrogens is 330 g/mol. The number of piperidine rings is 1. The molecule has 0 saturated carbocycles. The Bertz CT molecular complexity index is 497. The predicted molar refractivity (Wildman–Crippen MR) is 81.4 cm³/mol. The van der Waals surface area contributed by atoms with E-state index in [9.17, 15) is 4.79 Å². The van der Waals surface area contributed by atoms with E-state index in [1.807, 2.05) is 19.1 Å². The minimum atomic E-state index is -0.710. The van der Waals surface area contributed by atoms with Gasteiger partial charge in [0, 0.05) is 22.6 Å². The van der Waals surface area contributed by atoms with Crippen LogP contribution in [0.4, 0.5) is 5.69 Å². The van der Waals surface area contributed by atoms with Crippen molar-refractivity contribution in [3.8, 4) is 0 Å². The lowest BCUT2D eigenvalue weighted by Crippen LogP contribution is -2.61. The summed E-state index contributed by atoms with van der Waals surface area (Å²) in [6.07, 6.45) is 0.670. The highest BCUT2D eigenvalue weighted by atomic mass is 79.9. The Morgan fingerprint density at radius 2 is 2.37 bits per heavy atom. The molecule has 2 atom stereocenters. The average molecular weight is 347 g/mol. The first-order valence-electron chi connectivity index (χ1n) is 6.19. The summed E-state index contributed by atoms with van der Waals surface area (Å²) in [6.45, 7) is 3.56. The van der Waals surface area contributed by atoms with Gasteiger partial charge in [-0.3, -0.25) is 4.79 Å². The lowest BCUT2D eigenvalue weighted by molar-refractivity contribution is -0.124. The molecule has 1 amide bonds. The van der Waals surface area contributed by atoms with Crippen LogP contribution in [0.2, 0.25) is 5.02 Å². The maximum absolute atomic E-state index is 11.9. The summed E-state index contributed by atoms with van der Waals surface area (Å²) in [5.74, 6) is -0.194. The Balaban J connectivity index is 2.30. The van der Waals surface area contributed by atoms with E-state index in [1.54, 1.807) is 6.07 Å². The summed E-state index contributed by atoms with van der Waals surface area (Å²) in [6, 6.07) is 5.50. The lowest BCUT2D eigenvalue weighted by Gasteiger charge is -2.41. The molecule has 1 aliphatic heterocycles. The molecule has 1 aromatic rings. The molecule has 0 aliphatic carbocycles. The summed E-state index contributed by atoms with van der Waals surface area (Å²) in [5, 5.41) is 7.22. The summed E-state index contributed by atoms with van der Waals surface area (Å²) >= 11 is 9.35. The molecule has 0 bridgehead atoms. The summed E-state index contributed by atoms with van der Waals surface area (Å²) in [5.41, 5.74) is 5.77. The van der Waals surface area contributed by atoms with Gasteiger partial charge < -0.3 is 16.4 Å². The molecule has 0 spiro atoms. The molecule has 6 heteroatoms. The molecule has 1 aliphatic rings. The Hall–Kier alpha value is -0.780. The molecule has 4 nitrogen and oxygen atoms in total. The van der Waals surface area contributed by atoms with Crippen molar-refractivity contribution < 1.29 is 4.79 Å². The largest absolute Gasteiger partial charge is 0.371 e. The zero-order valence-electron chi connectivity index (χ0n) is 10.7. The quantitative estimate of drug-likeness (QED) is 0.787. The molecule has 2 rings (SSSR count). The molecule has 1 saturated heterocycles. The van der Waals surface area contributed by atoms with Crippen LogP contribution in [-0.2, 0) is 4.79 Å². The fraction of sp³-hybridized carbons (Fsp3) is 0.462. The molecule has 104 valence electrons. The number of benzene rings is 1. The van der Waals surface area contributed by atoms with Crippen molar-refractivity contribution in [1.82, 2.24) is 5.32 Å². The normalized spacial score (nSPS) is 27.0. The third kappa shape index (κ3) is 2.88. The first kappa shape index (κ1) is 14.6. The third-order valence-corrected chi connectivity index (χ3v) is 4.93. The first-order valence-corrected chi connectivity index (χ1v) is 7.36. The third-order valence-electron chi connectivity index (χ3n) is 3.71. The van der Waals surface area contributed by atoms with Crippen LogP contribution in [0, 0.1) is 5.92 Å². The number of hydrogen-bond acceptors (Lipinski definition) is 3. The lowest BCUT2D eigenvalue weighted by atomic mass is 9.78. The van der Waals surface area contributed by atoms with Gasteiger partial charge in [0.05, 0.1) is 5.02 Å². The van der Waals surface area contributed by atoms with Crippen molar-refractivity contribution in [3.05, 3.63) is 27.7 Å². The number of anilines is 1. The van der Waals surface area contributed by atoms with E-state index in [1.165, 1.54) is 0 Å². The highest BCUT2D eigenvalue weighted by Crippen LogP contribution is 2.32. The van der Waals surface area contributed by atoms with Crippen LogP contribution in [0.1, 0.15) is 13.3 Å². The number of nitrogens with one attached hydrogen (secondary N) is 2. The summed E-state index contributed by atoms with van der Waals surface area (Å²) < 4.78 is 0.792. The van der Waals surface area contributed by atoms with Crippen molar-refractivity contribution in [2.24, 2.45) is 11.7 Å². The van der Waals surface area contributed by atoms with E-state index in [0.717, 1.165) is 23.2 Å². The van der Waals surface area contributed by atoms with E-state index in [2.05, 4.69) is 26.6 Å². The molecule has 4 N–H and O–H groups in total. The van der Waals surface area contributed by atoms with Crippen molar-refractivity contribution >= 4 is 39.1 Å². The highest BCUT2D eigenvalue weighted by molar-refractivity contribution is 9.10. The minimum absolute atomic E-state index is 0.119. The second-order valence-corrected chi connectivity index (χ2v) is 6.21. The van der Waals surface area contributed by atoms with Gasteiger partial charge in [-0.15, -0.1) is 0 Å². The van der Waals surface area contributed by atoms with Crippen LogP contribution in [0.25, 0.3) is 0 Å². The fourth-order valence-electron chi connectivity index (χ4n) is 2.47. The number of hydrogen-bond donors (Lipinski definition) is 3. The predicted octanol–water partition coefficient (Wildman–Crippen LogP) is 2.37. The van der Waals surface area contributed by atoms with Gasteiger partial charge in [0.1, 0.15) is 5.54 Å². The molecule has 1 aromatic carbocycles. The fourth-order valence-corrected chi connectivity index (χ4v) is 2.97. The topological polar surface area (TPSA) is 67.2 Å². The Morgan fingerprint density at radius 3 is 2.95 bits per heavy atom. The van der Waals surface area contributed by atoms with Gasteiger partial charge in [0.15, 0.2) is 0 Å². The molecular formula is C13H17BrClN3O. The second kappa shape index (κ2) is 5.69. The Kier molecular flexibility index (Phi) is 4.38.